The Morgan fingerprint density at radius 1 is 0.553 bits per heavy atom. The van der Waals surface area contributed by atoms with Crippen LogP contribution in [-0.4, -0.2) is 28.9 Å². The quantitative estimate of drug-likeness (QED) is 0.115. The summed E-state index contributed by atoms with van der Waals surface area (Å²) in [6.45, 7) is 2.89. The molecule has 0 heterocycles. The lowest BCUT2D eigenvalue weighted by molar-refractivity contribution is -0.323. The molecule has 14 heteroatoms. The zero-order valence-electron chi connectivity index (χ0n) is 24.6. The Balaban J connectivity index is 1.90. The summed E-state index contributed by atoms with van der Waals surface area (Å²) >= 11 is 0. The molecule has 47 heavy (non-hydrogen) atoms. The van der Waals surface area contributed by atoms with Gasteiger partial charge in [0.2, 0.25) is 5.67 Å². The SMILES string of the molecule is CC=Cc1cc(C(F)(c2ccc(OS(=O)(=O)c3ccccc3)c(C=CC)c2)C(F)(F)C(F)(F)F)ccc1OS(=O)(=O)c1ccccc1. The van der Waals surface area contributed by atoms with Gasteiger partial charge in [-0.15, -0.1) is 0 Å². The Labute approximate surface area is 267 Å². The van der Waals surface area contributed by atoms with Gasteiger partial charge in [0.15, 0.2) is 0 Å². The lowest BCUT2D eigenvalue weighted by Crippen LogP contribution is -2.53. The Hall–Kier alpha value is -4.56. The maximum absolute atomic E-state index is 17.0. The van der Waals surface area contributed by atoms with E-state index in [0.29, 0.717) is 24.3 Å². The standard InChI is InChI=1S/C33H26F6O6S2/c1-3-11-23-21-25(17-19-29(23)44-46(40,41)27-13-7-5-8-14-27)31(34,32(35,36)33(37,38)39)26-18-20-30(24(22-26)12-4-2)45-47(42,43)28-15-9-6-10-16-28/h3-22H,1-2H3. The normalized spacial score (nSPS) is 14.3. The number of benzene rings is 4. The van der Waals surface area contributed by atoms with E-state index in [-0.39, 0.29) is 20.9 Å². The molecule has 248 valence electrons. The van der Waals surface area contributed by atoms with Crippen LogP contribution < -0.4 is 8.37 Å². The van der Waals surface area contributed by atoms with Crippen LogP contribution in [0.5, 0.6) is 11.5 Å². The van der Waals surface area contributed by atoms with E-state index in [1.807, 2.05) is 0 Å². The van der Waals surface area contributed by atoms with Gasteiger partial charge in [-0.25, -0.2) is 4.39 Å². The highest BCUT2D eigenvalue weighted by Crippen LogP contribution is 2.55. The number of rotatable bonds is 11. The van der Waals surface area contributed by atoms with Gasteiger partial charge in [0, 0.05) is 22.3 Å². The predicted molar refractivity (Wildman–Crippen MR) is 164 cm³/mol. The Kier molecular flexibility index (Phi) is 9.97. The van der Waals surface area contributed by atoms with Crippen molar-refractivity contribution in [2.75, 3.05) is 0 Å². The maximum Gasteiger partial charge on any atom is 0.457 e. The molecule has 0 unspecified atom stereocenters. The number of hydrogen-bond acceptors (Lipinski definition) is 6. The van der Waals surface area contributed by atoms with Crippen molar-refractivity contribution >= 4 is 32.4 Å². The topological polar surface area (TPSA) is 86.7 Å². The summed E-state index contributed by atoms with van der Waals surface area (Å²) in [5.41, 5.74) is -7.67. The molecule has 0 saturated carbocycles. The monoisotopic (exact) mass is 696 g/mol. The number of allylic oxidation sites excluding steroid dienone is 2. The van der Waals surface area contributed by atoms with Crippen molar-refractivity contribution in [2.45, 2.75) is 41.4 Å². The summed E-state index contributed by atoms with van der Waals surface area (Å²) in [7, 11) is -8.97. The van der Waals surface area contributed by atoms with Gasteiger partial charge < -0.3 is 8.37 Å². The molecule has 4 aromatic carbocycles. The first-order chi connectivity index (χ1) is 22.0. The Morgan fingerprint density at radius 3 is 1.23 bits per heavy atom. The second-order valence-corrected chi connectivity index (χ2v) is 13.0. The van der Waals surface area contributed by atoms with Crippen molar-refractivity contribution in [3.05, 3.63) is 131 Å². The highest BCUT2D eigenvalue weighted by atomic mass is 32.2. The number of halogens is 6. The molecule has 6 nitrogen and oxygen atoms in total. The van der Waals surface area contributed by atoms with Crippen LogP contribution >= 0.6 is 0 Å². The van der Waals surface area contributed by atoms with Crippen LogP contribution in [0.4, 0.5) is 26.3 Å². The average Bonchev–Trinajstić information content (AvgIpc) is 3.02. The molecular weight excluding hydrogens is 670 g/mol. The summed E-state index contributed by atoms with van der Waals surface area (Å²) in [5, 5.41) is 0. The highest BCUT2D eigenvalue weighted by Gasteiger charge is 2.72. The fraction of sp³-hybridized carbons (Fsp3) is 0.152. The van der Waals surface area contributed by atoms with E-state index in [1.165, 1.54) is 74.5 Å². The van der Waals surface area contributed by atoms with E-state index < -0.39 is 60.6 Å². The third-order valence-electron chi connectivity index (χ3n) is 6.76. The zero-order chi connectivity index (χ0) is 34.7. The predicted octanol–water partition coefficient (Wildman–Crippen LogP) is 8.70. The van der Waals surface area contributed by atoms with E-state index in [2.05, 4.69) is 0 Å². The van der Waals surface area contributed by atoms with E-state index in [1.54, 1.807) is 12.1 Å². The second kappa shape index (κ2) is 13.3. The smallest absolute Gasteiger partial charge is 0.378 e. The largest absolute Gasteiger partial charge is 0.457 e. The molecule has 0 radical (unpaired) electrons. The minimum absolute atomic E-state index is 0.271. The van der Waals surface area contributed by atoms with Crippen LogP contribution in [-0.2, 0) is 25.9 Å². The van der Waals surface area contributed by atoms with Crippen molar-refractivity contribution in [3.8, 4) is 11.5 Å². The summed E-state index contributed by atoms with van der Waals surface area (Å²) in [6.07, 6.45) is -1.51. The highest BCUT2D eigenvalue weighted by molar-refractivity contribution is 7.87. The van der Waals surface area contributed by atoms with E-state index >= 15 is 13.2 Å². The van der Waals surface area contributed by atoms with Gasteiger partial charge in [-0.2, -0.15) is 38.8 Å². The van der Waals surface area contributed by atoms with Crippen molar-refractivity contribution < 1.29 is 51.5 Å². The molecule has 0 atom stereocenters. The molecule has 4 aromatic rings. The number of alkyl halides is 6. The van der Waals surface area contributed by atoms with E-state index in [9.17, 15) is 30.0 Å². The van der Waals surface area contributed by atoms with Crippen LogP contribution in [0, 0.1) is 0 Å². The van der Waals surface area contributed by atoms with Crippen LogP contribution in [0.15, 0.2) is 119 Å². The van der Waals surface area contributed by atoms with Crippen molar-refractivity contribution in [1.82, 2.24) is 0 Å². The molecule has 0 spiro atoms. The van der Waals surface area contributed by atoms with Gasteiger partial charge in [-0.1, -0.05) is 72.8 Å². The molecule has 0 bridgehead atoms. The number of hydrogen-bond donors (Lipinski definition) is 0. The third kappa shape index (κ3) is 7.08. The summed E-state index contributed by atoms with van der Waals surface area (Å²) < 4.78 is 151. The van der Waals surface area contributed by atoms with Crippen LogP contribution in [0.25, 0.3) is 12.2 Å². The summed E-state index contributed by atoms with van der Waals surface area (Å²) in [5.74, 6) is -7.01. The van der Waals surface area contributed by atoms with E-state index in [4.69, 9.17) is 8.37 Å². The van der Waals surface area contributed by atoms with Gasteiger partial charge in [0.1, 0.15) is 21.3 Å². The van der Waals surface area contributed by atoms with Gasteiger partial charge in [-0.05, 0) is 62.4 Å². The summed E-state index contributed by atoms with van der Waals surface area (Å²) in [4.78, 5) is -0.543. The second-order valence-electron chi connectivity index (χ2n) is 9.94. The van der Waals surface area contributed by atoms with Crippen molar-refractivity contribution in [3.63, 3.8) is 0 Å². The van der Waals surface area contributed by atoms with Crippen molar-refractivity contribution in [2.24, 2.45) is 0 Å². The fourth-order valence-corrected chi connectivity index (χ4v) is 6.48. The lowest BCUT2D eigenvalue weighted by atomic mass is 9.80. The average molecular weight is 697 g/mol. The van der Waals surface area contributed by atoms with Gasteiger partial charge >= 0.3 is 32.3 Å². The van der Waals surface area contributed by atoms with Gasteiger partial charge in [0.05, 0.1) is 0 Å². The first-order valence-corrected chi connectivity index (χ1v) is 16.5. The first kappa shape index (κ1) is 35.3. The molecule has 0 aliphatic carbocycles. The molecule has 4 rings (SSSR count). The fourth-order valence-electron chi connectivity index (χ4n) is 4.53. The molecule has 0 saturated heterocycles. The minimum Gasteiger partial charge on any atom is -0.378 e. The molecular formula is C33H26F6O6S2. The van der Waals surface area contributed by atoms with Gasteiger partial charge in [0.25, 0.3) is 0 Å². The molecule has 0 aliphatic rings. The Bertz CT molecular complexity index is 1880. The van der Waals surface area contributed by atoms with Crippen LogP contribution in [0.1, 0.15) is 36.1 Å². The summed E-state index contributed by atoms with van der Waals surface area (Å²) in [6, 6.07) is 17.5. The molecule has 0 fully saturated rings. The van der Waals surface area contributed by atoms with Crippen LogP contribution in [0.3, 0.4) is 0 Å². The van der Waals surface area contributed by atoms with E-state index in [0.717, 1.165) is 24.3 Å². The maximum atomic E-state index is 17.0. The zero-order valence-corrected chi connectivity index (χ0v) is 26.2. The van der Waals surface area contributed by atoms with Crippen molar-refractivity contribution in [1.29, 1.82) is 0 Å². The lowest BCUT2D eigenvalue weighted by Gasteiger charge is -2.36. The van der Waals surface area contributed by atoms with Gasteiger partial charge in [-0.3, -0.25) is 0 Å². The third-order valence-corrected chi connectivity index (χ3v) is 9.26. The first-order valence-electron chi connectivity index (χ1n) is 13.6. The van der Waals surface area contributed by atoms with Crippen LogP contribution in [0.2, 0.25) is 0 Å². The molecule has 0 N–H and O–H groups in total. The molecule has 0 aliphatic heterocycles. The molecule has 0 aromatic heterocycles. The Morgan fingerprint density at radius 2 is 0.915 bits per heavy atom. The molecule has 0 amide bonds. The minimum atomic E-state index is -6.42.